The lowest BCUT2D eigenvalue weighted by atomic mass is 10.0. The molecule has 1 aromatic heterocycles. The maximum Gasteiger partial charge on any atom is 0.256 e. The van der Waals surface area contributed by atoms with E-state index in [1.165, 1.54) is 0 Å². The lowest BCUT2D eigenvalue weighted by Crippen LogP contribution is -2.14. The summed E-state index contributed by atoms with van der Waals surface area (Å²) in [6, 6.07) is 15.3. The van der Waals surface area contributed by atoms with Crippen LogP contribution >= 0.6 is 0 Å². The molecule has 3 aromatic rings. The molecule has 0 unspecified atom stereocenters. The minimum Gasteiger partial charge on any atom is -0.491 e. The number of ether oxygens (including phenoxy) is 1. The largest absolute Gasteiger partial charge is 0.491 e. The third kappa shape index (κ3) is 3.79. The molecule has 1 N–H and O–H groups in total. The Morgan fingerprint density at radius 1 is 1.12 bits per heavy atom. The first-order chi connectivity index (χ1) is 12.1. The van der Waals surface area contributed by atoms with Crippen LogP contribution in [0, 0.1) is 13.8 Å². The number of carbonyl (C=O) groups excluding carboxylic acids is 1. The molecular formula is C21H22N2O2. The molecule has 0 aliphatic heterocycles. The highest BCUT2D eigenvalue weighted by molar-refractivity contribution is 6.13. The molecule has 0 fully saturated rings. The van der Waals surface area contributed by atoms with E-state index in [-0.39, 0.29) is 5.91 Å². The van der Waals surface area contributed by atoms with Crippen LogP contribution in [-0.2, 0) is 0 Å². The standard InChI is InChI=1S/C21H22N2O2/c1-4-11-25-20-8-6-5-7-19(20)23-21(24)17-13-15(3)22-18-10-9-14(2)12-16(17)18/h5-10,12-13H,4,11H2,1-3H3,(H,23,24). The number of pyridine rings is 1. The molecule has 128 valence electrons. The van der Waals surface area contributed by atoms with Gasteiger partial charge in [-0.3, -0.25) is 9.78 Å². The van der Waals surface area contributed by atoms with Crippen molar-refractivity contribution in [2.75, 3.05) is 11.9 Å². The maximum atomic E-state index is 12.9. The van der Waals surface area contributed by atoms with Gasteiger partial charge in [-0.05, 0) is 50.6 Å². The zero-order valence-electron chi connectivity index (χ0n) is 14.8. The third-order valence-corrected chi connectivity index (χ3v) is 3.93. The smallest absolute Gasteiger partial charge is 0.256 e. The number of aryl methyl sites for hydroxylation is 2. The summed E-state index contributed by atoms with van der Waals surface area (Å²) in [7, 11) is 0. The molecule has 0 saturated heterocycles. The molecule has 0 bridgehead atoms. The number of anilines is 1. The Morgan fingerprint density at radius 2 is 1.92 bits per heavy atom. The second-order valence-electron chi connectivity index (χ2n) is 6.13. The first-order valence-corrected chi connectivity index (χ1v) is 8.49. The van der Waals surface area contributed by atoms with Crippen LogP contribution in [0.1, 0.15) is 35.0 Å². The van der Waals surface area contributed by atoms with Crippen LogP contribution in [0.15, 0.2) is 48.5 Å². The number of fused-ring (bicyclic) bond motifs is 1. The Bertz CT molecular complexity index is 919. The highest BCUT2D eigenvalue weighted by atomic mass is 16.5. The number of amides is 1. The van der Waals surface area contributed by atoms with Gasteiger partial charge in [-0.2, -0.15) is 0 Å². The Labute approximate surface area is 147 Å². The van der Waals surface area contributed by atoms with Gasteiger partial charge in [0.1, 0.15) is 5.75 Å². The third-order valence-electron chi connectivity index (χ3n) is 3.93. The minimum atomic E-state index is -0.159. The van der Waals surface area contributed by atoms with Crippen LogP contribution < -0.4 is 10.1 Å². The van der Waals surface area contributed by atoms with Crippen LogP contribution in [0.3, 0.4) is 0 Å². The van der Waals surface area contributed by atoms with Gasteiger partial charge in [0.2, 0.25) is 0 Å². The number of nitrogens with zero attached hydrogens (tertiary/aromatic N) is 1. The number of carbonyl (C=O) groups is 1. The van der Waals surface area contributed by atoms with Crippen molar-refractivity contribution in [3.05, 3.63) is 65.4 Å². The van der Waals surface area contributed by atoms with Crippen molar-refractivity contribution in [3.8, 4) is 5.75 Å². The van der Waals surface area contributed by atoms with E-state index in [2.05, 4.69) is 17.2 Å². The van der Waals surface area contributed by atoms with E-state index in [0.717, 1.165) is 28.6 Å². The number of para-hydroxylation sites is 2. The molecule has 1 amide bonds. The summed E-state index contributed by atoms with van der Waals surface area (Å²) in [5, 5.41) is 3.84. The average molecular weight is 334 g/mol. The van der Waals surface area contributed by atoms with Crippen molar-refractivity contribution in [1.82, 2.24) is 4.98 Å². The lowest BCUT2D eigenvalue weighted by molar-refractivity contribution is 0.102. The van der Waals surface area contributed by atoms with Crippen molar-refractivity contribution in [3.63, 3.8) is 0 Å². The van der Waals surface area contributed by atoms with E-state index >= 15 is 0 Å². The predicted octanol–water partition coefficient (Wildman–Crippen LogP) is 4.89. The van der Waals surface area contributed by atoms with E-state index in [1.807, 2.05) is 62.4 Å². The first kappa shape index (κ1) is 17.0. The predicted molar refractivity (Wildman–Crippen MR) is 101 cm³/mol. The van der Waals surface area contributed by atoms with Crippen LogP contribution in [0.2, 0.25) is 0 Å². The summed E-state index contributed by atoms with van der Waals surface area (Å²) in [5.74, 6) is 0.526. The van der Waals surface area contributed by atoms with Gasteiger partial charge in [-0.1, -0.05) is 30.7 Å². The van der Waals surface area contributed by atoms with Gasteiger partial charge in [0.15, 0.2) is 0 Å². The number of nitrogens with one attached hydrogen (secondary N) is 1. The topological polar surface area (TPSA) is 51.2 Å². The Kier molecular flexibility index (Phi) is 4.98. The summed E-state index contributed by atoms with van der Waals surface area (Å²) in [6.07, 6.45) is 0.912. The second kappa shape index (κ2) is 7.34. The maximum absolute atomic E-state index is 12.9. The van der Waals surface area contributed by atoms with E-state index in [9.17, 15) is 4.79 Å². The summed E-state index contributed by atoms with van der Waals surface area (Å²) >= 11 is 0. The van der Waals surface area contributed by atoms with Gasteiger partial charge in [0.05, 0.1) is 23.4 Å². The Morgan fingerprint density at radius 3 is 2.72 bits per heavy atom. The van der Waals surface area contributed by atoms with E-state index in [0.29, 0.717) is 23.6 Å². The molecule has 4 heteroatoms. The van der Waals surface area contributed by atoms with Crippen molar-refractivity contribution >= 4 is 22.5 Å². The van der Waals surface area contributed by atoms with Crippen LogP contribution in [0.5, 0.6) is 5.75 Å². The van der Waals surface area contributed by atoms with Gasteiger partial charge in [-0.15, -0.1) is 0 Å². The molecule has 25 heavy (non-hydrogen) atoms. The van der Waals surface area contributed by atoms with Crippen LogP contribution in [0.25, 0.3) is 10.9 Å². The van der Waals surface area contributed by atoms with Crippen LogP contribution in [-0.4, -0.2) is 17.5 Å². The highest BCUT2D eigenvalue weighted by Gasteiger charge is 2.14. The minimum absolute atomic E-state index is 0.159. The fourth-order valence-corrected chi connectivity index (χ4v) is 2.76. The van der Waals surface area contributed by atoms with E-state index in [1.54, 1.807) is 0 Å². The van der Waals surface area contributed by atoms with Crippen molar-refractivity contribution in [1.29, 1.82) is 0 Å². The highest BCUT2D eigenvalue weighted by Crippen LogP contribution is 2.26. The summed E-state index contributed by atoms with van der Waals surface area (Å²) in [6.45, 7) is 6.57. The molecule has 0 aliphatic carbocycles. The zero-order chi connectivity index (χ0) is 17.8. The molecular weight excluding hydrogens is 312 g/mol. The zero-order valence-corrected chi connectivity index (χ0v) is 14.8. The van der Waals surface area contributed by atoms with E-state index < -0.39 is 0 Å². The van der Waals surface area contributed by atoms with Gasteiger partial charge in [0, 0.05) is 11.1 Å². The second-order valence-corrected chi connectivity index (χ2v) is 6.13. The van der Waals surface area contributed by atoms with Crippen molar-refractivity contribution < 1.29 is 9.53 Å². The molecule has 0 spiro atoms. The van der Waals surface area contributed by atoms with E-state index in [4.69, 9.17) is 4.74 Å². The number of benzene rings is 2. The fraction of sp³-hybridized carbons (Fsp3) is 0.238. The average Bonchev–Trinajstić information content (AvgIpc) is 2.60. The normalized spacial score (nSPS) is 10.7. The Hall–Kier alpha value is -2.88. The molecule has 4 nitrogen and oxygen atoms in total. The Balaban J connectivity index is 1.97. The summed E-state index contributed by atoms with van der Waals surface area (Å²) < 4.78 is 5.73. The monoisotopic (exact) mass is 334 g/mol. The number of rotatable bonds is 5. The first-order valence-electron chi connectivity index (χ1n) is 8.49. The van der Waals surface area contributed by atoms with Crippen molar-refractivity contribution in [2.45, 2.75) is 27.2 Å². The number of hydrogen-bond acceptors (Lipinski definition) is 3. The molecule has 0 saturated carbocycles. The molecule has 1 heterocycles. The number of hydrogen-bond donors (Lipinski definition) is 1. The molecule has 0 aliphatic rings. The molecule has 0 radical (unpaired) electrons. The summed E-state index contributed by atoms with van der Waals surface area (Å²) in [5.41, 5.74) is 4.04. The van der Waals surface area contributed by atoms with Gasteiger partial charge < -0.3 is 10.1 Å². The molecule has 2 aromatic carbocycles. The van der Waals surface area contributed by atoms with Crippen LogP contribution in [0.4, 0.5) is 5.69 Å². The fourth-order valence-electron chi connectivity index (χ4n) is 2.76. The SMILES string of the molecule is CCCOc1ccccc1NC(=O)c1cc(C)nc2ccc(C)cc12. The molecule has 0 atom stereocenters. The van der Waals surface area contributed by atoms with Gasteiger partial charge in [0.25, 0.3) is 5.91 Å². The van der Waals surface area contributed by atoms with Crippen molar-refractivity contribution in [2.24, 2.45) is 0 Å². The quantitative estimate of drug-likeness (QED) is 0.722. The number of aromatic nitrogens is 1. The summed E-state index contributed by atoms with van der Waals surface area (Å²) in [4.78, 5) is 17.4. The molecule has 3 rings (SSSR count). The van der Waals surface area contributed by atoms with Gasteiger partial charge in [-0.25, -0.2) is 0 Å². The lowest BCUT2D eigenvalue weighted by Gasteiger charge is -2.13. The van der Waals surface area contributed by atoms with Gasteiger partial charge >= 0.3 is 0 Å².